The van der Waals surface area contributed by atoms with Crippen LogP contribution in [0.2, 0.25) is 0 Å². The van der Waals surface area contributed by atoms with Crippen LogP contribution in [0.25, 0.3) is 11.0 Å². The quantitative estimate of drug-likeness (QED) is 0.886. The van der Waals surface area contributed by atoms with Gasteiger partial charge in [-0.05, 0) is 37.8 Å². The first-order valence-electron chi connectivity index (χ1n) is 9.07. The number of carbonyl (C=O) groups is 1. The molecule has 1 fully saturated rings. The third-order valence-electron chi connectivity index (χ3n) is 5.77. The number of aromatic amines is 1. The number of nitrogens with two attached hydrogens (primary N) is 1. The Bertz CT molecular complexity index is 655. The zero-order valence-corrected chi connectivity index (χ0v) is 14.7. The number of aromatic nitrogens is 2. The second-order valence-electron chi connectivity index (χ2n) is 6.90. The number of nitrogens with zero attached hydrogens (tertiary/aromatic N) is 2. The lowest BCUT2D eigenvalue weighted by molar-refractivity contribution is -0.143. The minimum atomic E-state index is -0.383. The fraction of sp³-hybridized carbons (Fsp3) is 0.579. The molecule has 0 bridgehead atoms. The van der Waals surface area contributed by atoms with Crippen LogP contribution >= 0.6 is 0 Å². The lowest BCUT2D eigenvalue weighted by Gasteiger charge is -2.38. The minimum absolute atomic E-state index is 0.234. The maximum Gasteiger partial charge on any atom is 0.230 e. The van der Waals surface area contributed by atoms with E-state index in [1.165, 1.54) is 0 Å². The molecule has 1 amide bonds. The topological polar surface area (TPSA) is 75.0 Å². The molecule has 3 N–H and O–H groups in total. The van der Waals surface area contributed by atoms with Gasteiger partial charge in [-0.15, -0.1) is 0 Å². The fourth-order valence-electron chi connectivity index (χ4n) is 3.79. The van der Waals surface area contributed by atoms with Crippen LogP contribution in [0.4, 0.5) is 0 Å². The SMILES string of the molecule is CCC(CC)(CN)C(=O)N1CCC(c2nc3ccccc3[nH]2)CC1. The van der Waals surface area contributed by atoms with Gasteiger partial charge in [0.15, 0.2) is 0 Å². The van der Waals surface area contributed by atoms with E-state index in [0.717, 1.165) is 55.6 Å². The number of piperidine rings is 1. The van der Waals surface area contributed by atoms with Gasteiger partial charge in [-0.2, -0.15) is 0 Å². The molecule has 0 atom stereocenters. The number of hydrogen-bond acceptors (Lipinski definition) is 3. The molecular weight excluding hydrogens is 300 g/mol. The summed E-state index contributed by atoms with van der Waals surface area (Å²) < 4.78 is 0. The number of amides is 1. The Morgan fingerprint density at radius 3 is 2.54 bits per heavy atom. The van der Waals surface area contributed by atoms with Crippen LogP contribution in [0.3, 0.4) is 0 Å². The van der Waals surface area contributed by atoms with E-state index < -0.39 is 0 Å². The van der Waals surface area contributed by atoms with Gasteiger partial charge in [0.1, 0.15) is 5.82 Å². The van der Waals surface area contributed by atoms with Crippen LogP contribution in [0.5, 0.6) is 0 Å². The van der Waals surface area contributed by atoms with Gasteiger partial charge in [-0.3, -0.25) is 4.79 Å². The van der Waals surface area contributed by atoms with E-state index in [1.807, 2.05) is 23.1 Å². The van der Waals surface area contributed by atoms with Crippen molar-refractivity contribution in [2.24, 2.45) is 11.1 Å². The van der Waals surface area contributed by atoms with Gasteiger partial charge in [0.2, 0.25) is 5.91 Å². The lowest BCUT2D eigenvalue weighted by atomic mass is 9.80. The van der Waals surface area contributed by atoms with Gasteiger partial charge in [-0.25, -0.2) is 4.98 Å². The highest BCUT2D eigenvalue weighted by atomic mass is 16.2. The molecule has 0 spiro atoms. The molecular formula is C19H28N4O. The maximum atomic E-state index is 12.9. The van der Waals surface area contributed by atoms with Crippen molar-refractivity contribution in [3.05, 3.63) is 30.1 Å². The number of nitrogens with one attached hydrogen (secondary N) is 1. The molecule has 130 valence electrons. The third-order valence-corrected chi connectivity index (χ3v) is 5.77. The normalized spacial score (nSPS) is 16.7. The molecule has 0 aliphatic carbocycles. The second-order valence-corrected chi connectivity index (χ2v) is 6.90. The third kappa shape index (κ3) is 2.93. The molecule has 24 heavy (non-hydrogen) atoms. The van der Waals surface area contributed by atoms with Crippen LogP contribution in [-0.4, -0.2) is 40.4 Å². The standard InChI is InChI=1S/C19H28N4O/c1-3-19(4-2,13-20)18(24)23-11-9-14(10-12-23)17-21-15-7-5-6-8-16(15)22-17/h5-8,14H,3-4,9-13,20H2,1-2H3,(H,21,22). The highest BCUT2D eigenvalue weighted by molar-refractivity contribution is 5.83. The van der Waals surface area contributed by atoms with E-state index in [-0.39, 0.29) is 11.3 Å². The highest BCUT2D eigenvalue weighted by Gasteiger charge is 2.38. The van der Waals surface area contributed by atoms with Crippen molar-refractivity contribution in [3.63, 3.8) is 0 Å². The summed E-state index contributed by atoms with van der Waals surface area (Å²) in [5, 5.41) is 0. The van der Waals surface area contributed by atoms with Crippen LogP contribution < -0.4 is 5.73 Å². The van der Waals surface area contributed by atoms with Crippen molar-refractivity contribution in [1.29, 1.82) is 0 Å². The summed E-state index contributed by atoms with van der Waals surface area (Å²) in [6.45, 7) is 6.15. The molecule has 2 heterocycles. The van der Waals surface area contributed by atoms with E-state index in [0.29, 0.717) is 12.5 Å². The molecule has 0 unspecified atom stereocenters. The Morgan fingerprint density at radius 2 is 1.96 bits per heavy atom. The Hall–Kier alpha value is -1.88. The van der Waals surface area contributed by atoms with Crippen molar-refractivity contribution in [2.45, 2.75) is 45.4 Å². The number of imidazole rings is 1. The molecule has 1 aliphatic heterocycles. The highest BCUT2D eigenvalue weighted by Crippen LogP contribution is 2.32. The molecule has 5 nitrogen and oxygen atoms in total. The first-order valence-corrected chi connectivity index (χ1v) is 9.07. The van der Waals surface area contributed by atoms with Crippen LogP contribution in [0.1, 0.15) is 51.3 Å². The molecule has 1 aromatic carbocycles. The summed E-state index contributed by atoms with van der Waals surface area (Å²) >= 11 is 0. The van der Waals surface area contributed by atoms with E-state index in [2.05, 4.69) is 24.9 Å². The van der Waals surface area contributed by atoms with Crippen molar-refractivity contribution < 1.29 is 4.79 Å². The molecule has 0 saturated carbocycles. The number of hydrogen-bond donors (Lipinski definition) is 2. The van der Waals surface area contributed by atoms with Crippen molar-refractivity contribution >= 4 is 16.9 Å². The number of rotatable bonds is 5. The number of carbonyl (C=O) groups excluding carboxylic acids is 1. The molecule has 0 radical (unpaired) electrons. The lowest BCUT2D eigenvalue weighted by Crippen LogP contribution is -2.50. The smallest absolute Gasteiger partial charge is 0.230 e. The van der Waals surface area contributed by atoms with Crippen LogP contribution in [-0.2, 0) is 4.79 Å². The van der Waals surface area contributed by atoms with Gasteiger partial charge in [0.25, 0.3) is 0 Å². The zero-order valence-electron chi connectivity index (χ0n) is 14.7. The minimum Gasteiger partial charge on any atom is -0.342 e. The van der Waals surface area contributed by atoms with E-state index in [9.17, 15) is 4.79 Å². The molecule has 5 heteroatoms. The summed E-state index contributed by atoms with van der Waals surface area (Å²) in [7, 11) is 0. The Labute approximate surface area is 143 Å². The van der Waals surface area contributed by atoms with Crippen LogP contribution in [0.15, 0.2) is 24.3 Å². The van der Waals surface area contributed by atoms with Crippen molar-refractivity contribution in [1.82, 2.24) is 14.9 Å². The van der Waals surface area contributed by atoms with E-state index in [1.54, 1.807) is 0 Å². The predicted octanol–water partition coefficient (Wildman–Crippen LogP) is 3.03. The number of fused-ring (bicyclic) bond motifs is 1. The summed E-state index contributed by atoms with van der Waals surface area (Å²) in [4.78, 5) is 23.1. The zero-order chi connectivity index (χ0) is 17.2. The number of H-pyrrole nitrogens is 1. The Kier molecular flexibility index (Phi) is 4.90. The monoisotopic (exact) mass is 328 g/mol. The van der Waals surface area contributed by atoms with E-state index in [4.69, 9.17) is 10.7 Å². The maximum absolute atomic E-state index is 12.9. The van der Waals surface area contributed by atoms with Gasteiger partial charge in [0, 0.05) is 25.6 Å². The Morgan fingerprint density at radius 1 is 1.29 bits per heavy atom. The molecule has 1 aromatic heterocycles. The second kappa shape index (κ2) is 6.93. The van der Waals surface area contributed by atoms with Crippen molar-refractivity contribution in [2.75, 3.05) is 19.6 Å². The Balaban J connectivity index is 1.68. The number of likely N-dealkylation sites (tertiary alicyclic amines) is 1. The van der Waals surface area contributed by atoms with E-state index >= 15 is 0 Å². The van der Waals surface area contributed by atoms with Gasteiger partial charge < -0.3 is 15.6 Å². The fourth-order valence-corrected chi connectivity index (χ4v) is 3.79. The van der Waals surface area contributed by atoms with Crippen molar-refractivity contribution in [3.8, 4) is 0 Å². The first kappa shape index (κ1) is 17.0. The average molecular weight is 328 g/mol. The average Bonchev–Trinajstić information content (AvgIpc) is 3.08. The summed E-state index contributed by atoms with van der Waals surface area (Å²) in [6, 6.07) is 8.12. The molecule has 1 saturated heterocycles. The predicted molar refractivity (Wildman–Crippen MR) is 96.7 cm³/mol. The summed E-state index contributed by atoms with van der Waals surface area (Å²) in [5.74, 6) is 1.69. The largest absolute Gasteiger partial charge is 0.342 e. The van der Waals surface area contributed by atoms with Gasteiger partial charge in [-0.1, -0.05) is 26.0 Å². The first-order chi connectivity index (χ1) is 11.6. The molecule has 2 aromatic rings. The van der Waals surface area contributed by atoms with Gasteiger partial charge in [0.05, 0.1) is 16.4 Å². The molecule has 3 rings (SSSR count). The summed E-state index contributed by atoms with van der Waals surface area (Å²) in [6.07, 6.45) is 3.53. The number of para-hydroxylation sites is 2. The van der Waals surface area contributed by atoms with Gasteiger partial charge >= 0.3 is 0 Å². The molecule has 1 aliphatic rings. The van der Waals surface area contributed by atoms with Crippen LogP contribution in [0, 0.1) is 5.41 Å². The summed E-state index contributed by atoms with van der Waals surface area (Å²) in [5.41, 5.74) is 7.66. The number of benzene rings is 1.